The lowest BCUT2D eigenvalue weighted by atomic mass is 10.1. The van der Waals surface area contributed by atoms with Gasteiger partial charge in [-0.05, 0) is 19.4 Å². The molecule has 0 amide bonds. The molecule has 1 atom stereocenters. The van der Waals surface area contributed by atoms with Crippen molar-refractivity contribution in [3.05, 3.63) is 0 Å². The minimum atomic E-state index is 0.613. The number of hydrogen-bond donors (Lipinski definition) is 1. The molecule has 0 aliphatic carbocycles. The smallest absolute Gasteiger partial charge is 0.0701 e. The molecule has 0 saturated heterocycles. The first-order valence-electron chi connectivity index (χ1n) is 7.82. The molecule has 20 heavy (non-hydrogen) atoms. The maximum atomic E-state index is 5.46. The van der Waals surface area contributed by atoms with Crippen LogP contribution in [0.2, 0.25) is 0 Å². The van der Waals surface area contributed by atoms with E-state index in [1.54, 1.807) is 0 Å². The molecule has 0 aliphatic rings. The van der Waals surface area contributed by atoms with Crippen LogP contribution in [-0.2, 0) is 18.9 Å². The Morgan fingerprint density at radius 2 is 1.25 bits per heavy atom. The maximum absolute atomic E-state index is 5.46. The van der Waals surface area contributed by atoms with Gasteiger partial charge in [0.1, 0.15) is 0 Å². The van der Waals surface area contributed by atoms with Gasteiger partial charge in [-0.15, -0.1) is 0 Å². The highest BCUT2D eigenvalue weighted by molar-refractivity contribution is 4.53. The van der Waals surface area contributed by atoms with E-state index in [0.29, 0.717) is 39.6 Å². The molecule has 0 heterocycles. The van der Waals surface area contributed by atoms with Gasteiger partial charge < -0.3 is 24.3 Å². The number of ether oxygens (including phenoxy) is 4. The van der Waals surface area contributed by atoms with Crippen molar-refractivity contribution in [2.45, 2.75) is 27.2 Å². The molecule has 0 saturated carbocycles. The topological polar surface area (TPSA) is 49.0 Å². The zero-order chi connectivity index (χ0) is 14.9. The van der Waals surface area contributed by atoms with E-state index in [1.807, 2.05) is 6.92 Å². The van der Waals surface area contributed by atoms with Gasteiger partial charge in [-0.1, -0.05) is 20.3 Å². The van der Waals surface area contributed by atoms with Crippen molar-refractivity contribution in [1.82, 2.24) is 5.32 Å². The minimum Gasteiger partial charge on any atom is -0.379 e. The third kappa shape index (κ3) is 15.9. The second-order valence-corrected chi connectivity index (χ2v) is 4.75. The molecule has 0 aromatic heterocycles. The Labute approximate surface area is 124 Å². The van der Waals surface area contributed by atoms with Gasteiger partial charge in [-0.25, -0.2) is 0 Å². The monoisotopic (exact) mass is 291 g/mol. The normalized spacial score (nSPS) is 12.8. The second kappa shape index (κ2) is 16.9. The van der Waals surface area contributed by atoms with Gasteiger partial charge in [0.25, 0.3) is 0 Å². The molecule has 0 aliphatic heterocycles. The molecule has 5 nitrogen and oxygen atoms in total. The Hall–Kier alpha value is -0.200. The fourth-order valence-electron chi connectivity index (χ4n) is 1.44. The van der Waals surface area contributed by atoms with Crippen LogP contribution in [0.3, 0.4) is 0 Å². The largest absolute Gasteiger partial charge is 0.379 e. The highest BCUT2D eigenvalue weighted by Crippen LogP contribution is 1.96. The zero-order valence-electron chi connectivity index (χ0n) is 13.5. The molecule has 0 radical (unpaired) electrons. The van der Waals surface area contributed by atoms with E-state index in [-0.39, 0.29) is 0 Å². The minimum absolute atomic E-state index is 0.613. The molecule has 0 aromatic carbocycles. The average molecular weight is 291 g/mol. The quantitative estimate of drug-likeness (QED) is 0.439. The molecule has 0 spiro atoms. The van der Waals surface area contributed by atoms with Crippen molar-refractivity contribution in [2.75, 3.05) is 65.9 Å². The molecule has 1 unspecified atom stereocenters. The summed E-state index contributed by atoms with van der Waals surface area (Å²) in [6, 6.07) is 0. The lowest BCUT2D eigenvalue weighted by Gasteiger charge is -2.10. The number of hydrogen-bond acceptors (Lipinski definition) is 5. The molecule has 1 N–H and O–H groups in total. The molecule has 0 rings (SSSR count). The van der Waals surface area contributed by atoms with Crippen molar-refractivity contribution in [1.29, 1.82) is 0 Å². The molecule has 0 fully saturated rings. The SMILES string of the molecule is CCOCCOCCOCCOCCNCC(C)CC. The summed E-state index contributed by atoms with van der Waals surface area (Å²) in [6.45, 7) is 13.7. The third-order valence-corrected chi connectivity index (χ3v) is 2.93. The van der Waals surface area contributed by atoms with Gasteiger partial charge in [0.15, 0.2) is 0 Å². The Morgan fingerprint density at radius 1 is 0.750 bits per heavy atom. The maximum Gasteiger partial charge on any atom is 0.0701 e. The van der Waals surface area contributed by atoms with Crippen LogP contribution in [-0.4, -0.2) is 65.9 Å². The predicted molar refractivity (Wildman–Crippen MR) is 81.3 cm³/mol. The Morgan fingerprint density at radius 3 is 1.75 bits per heavy atom. The van der Waals surface area contributed by atoms with E-state index >= 15 is 0 Å². The summed E-state index contributed by atoms with van der Waals surface area (Å²) in [5.41, 5.74) is 0. The summed E-state index contributed by atoms with van der Waals surface area (Å²) >= 11 is 0. The molecular weight excluding hydrogens is 258 g/mol. The Kier molecular flexibility index (Phi) is 16.7. The fourth-order valence-corrected chi connectivity index (χ4v) is 1.44. The van der Waals surface area contributed by atoms with Gasteiger partial charge >= 0.3 is 0 Å². The Balaban J connectivity index is 2.96. The van der Waals surface area contributed by atoms with Crippen LogP contribution in [0.1, 0.15) is 27.2 Å². The van der Waals surface area contributed by atoms with E-state index in [0.717, 1.165) is 32.2 Å². The van der Waals surface area contributed by atoms with Gasteiger partial charge in [0, 0.05) is 13.2 Å². The molecule has 0 aromatic rings. The zero-order valence-corrected chi connectivity index (χ0v) is 13.5. The van der Waals surface area contributed by atoms with Gasteiger partial charge in [-0.2, -0.15) is 0 Å². The third-order valence-electron chi connectivity index (χ3n) is 2.93. The summed E-state index contributed by atoms with van der Waals surface area (Å²) in [7, 11) is 0. The van der Waals surface area contributed by atoms with Gasteiger partial charge in [-0.3, -0.25) is 0 Å². The lowest BCUT2D eigenvalue weighted by Crippen LogP contribution is -2.25. The number of rotatable bonds is 16. The van der Waals surface area contributed by atoms with E-state index in [2.05, 4.69) is 19.2 Å². The van der Waals surface area contributed by atoms with Crippen LogP contribution >= 0.6 is 0 Å². The van der Waals surface area contributed by atoms with Crippen molar-refractivity contribution in [2.24, 2.45) is 5.92 Å². The van der Waals surface area contributed by atoms with E-state index in [4.69, 9.17) is 18.9 Å². The van der Waals surface area contributed by atoms with E-state index < -0.39 is 0 Å². The Bertz CT molecular complexity index is 181. The average Bonchev–Trinajstić information content (AvgIpc) is 2.47. The molecule has 5 heteroatoms. The second-order valence-electron chi connectivity index (χ2n) is 4.75. The van der Waals surface area contributed by atoms with Gasteiger partial charge in [0.2, 0.25) is 0 Å². The van der Waals surface area contributed by atoms with Crippen LogP contribution < -0.4 is 5.32 Å². The van der Waals surface area contributed by atoms with Crippen LogP contribution in [0.5, 0.6) is 0 Å². The standard InChI is InChI=1S/C15H33NO4/c1-4-15(3)14-16-6-7-18-10-11-20-13-12-19-9-8-17-5-2/h15-16H,4-14H2,1-3H3. The van der Waals surface area contributed by atoms with Crippen LogP contribution in [0.15, 0.2) is 0 Å². The van der Waals surface area contributed by atoms with Crippen LogP contribution in [0, 0.1) is 5.92 Å². The first kappa shape index (κ1) is 19.8. The van der Waals surface area contributed by atoms with Crippen molar-refractivity contribution < 1.29 is 18.9 Å². The van der Waals surface area contributed by atoms with E-state index in [9.17, 15) is 0 Å². The van der Waals surface area contributed by atoms with Crippen molar-refractivity contribution in [3.63, 3.8) is 0 Å². The summed E-state index contributed by atoms with van der Waals surface area (Å²) in [5, 5.41) is 3.37. The highest BCUT2D eigenvalue weighted by atomic mass is 16.6. The summed E-state index contributed by atoms with van der Waals surface area (Å²) < 4.78 is 21.3. The van der Waals surface area contributed by atoms with Crippen molar-refractivity contribution in [3.8, 4) is 0 Å². The predicted octanol–water partition coefficient (Wildman–Crippen LogP) is 1.71. The van der Waals surface area contributed by atoms with Crippen molar-refractivity contribution >= 4 is 0 Å². The van der Waals surface area contributed by atoms with Crippen LogP contribution in [0.4, 0.5) is 0 Å². The summed E-state index contributed by atoms with van der Waals surface area (Å²) in [4.78, 5) is 0. The molecular formula is C15H33NO4. The van der Waals surface area contributed by atoms with Gasteiger partial charge in [0.05, 0.1) is 46.2 Å². The summed E-state index contributed by atoms with van der Waals surface area (Å²) in [5.74, 6) is 0.737. The number of nitrogens with one attached hydrogen (secondary N) is 1. The summed E-state index contributed by atoms with van der Waals surface area (Å²) in [6.07, 6.45) is 1.22. The fraction of sp³-hybridized carbons (Fsp3) is 1.00. The molecule has 122 valence electrons. The lowest BCUT2D eigenvalue weighted by molar-refractivity contribution is -0.000134. The van der Waals surface area contributed by atoms with E-state index in [1.165, 1.54) is 6.42 Å². The highest BCUT2D eigenvalue weighted by Gasteiger charge is 1.97. The van der Waals surface area contributed by atoms with Crippen LogP contribution in [0.25, 0.3) is 0 Å². The first-order valence-corrected chi connectivity index (χ1v) is 7.82. The molecule has 0 bridgehead atoms. The first-order chi connectivity index (χ1) is 9.81.